The van der Waals surface area contributed by atoms with Gasteiger partial charge in [-0.25, -0.2) is 19.6 Å². The lowest BCUT2D eigenvalue weighted by molar-refractivity contribution is -0.156. The van der Waals surface area contributed by atoms with Crippen molar-refractivity contribution in [2.45, 2.75) is 52.4 Å². The van der Waals surface area contributed by atoms with Gasteiger partial charge in [-0.05, 0) is 73.9 Å². The second-order valence-corrected chi connectivity index (χ2v) is 9.34. The van der Waals surface area contributed by atoms with Crippen LogP contribution in [0.2, 0.25) is 0 Å². The lowest BCUT2D eigenvalue weighted by Crippen LogP contribution is -2.26. The molecule has 0 aliphatic carbocycles. The number of hydrogen-bond donors (Lipinski definition) is 4. The lowest BCUT2D eigenvalue weighted by atomic mass is 10.1. The van der Waals surface area contributed by atoms with Gasteiger partial charge in [0.1, 0.15) is 0 Å². The van der Waals surface area contributed by atoms with Gasteiger partial charge in [-0.3, -0.25) is 0 Å². The molecule has 2 heterocycles. The fraction of sp³-hybridized carbons (Fsp3) is 0.333. The first kappa shape index (κ1) is 28.4. The molecule has 0 atom stereocenters. The number of H-pyrrole nitrogens is 2. The topological polar surface area (TPSA) is 134 Å². The van der Waals surface area contributed by atoms with Crippen LogP contribution in [0.5, 0.6) is 12.0 Å². The number of hydrogen-bond acceptors (Lipinski definition) is 8. The van der Waals surface area contributed by atoms with Crippen LogP contribution in [0.1, 0.15) is 49.2 Å². The van der Waals surface area contributed by atoms with Gasteiger partial charge in [-0.2, -0.15) is 0 Å². The highest BCUT2D eigenvalue weighted by Crippen LogP contribution is 2.14. The average Bonchev–Trinajstić information content (AvgIpc) is 3.62. The Kier molecular flexibility index (Phi) is 10.3. The number of aromatic amines is 2. The minimum absolute atomic E-state index is 0.0577. The summed E-state index contributed by atoms with van der Waals surface area (Å²) in [7, 11) is 0. The van der Waals surface area contributed by atoms with E-state index in [0.717, 1.165) is 61.5 Å². The van der Waals surface area contributed by atoms with Crippen LogP contribution in [0.25, 0.3) is 0 Å². The molecule has 2 aromatic heterocycles. The number of carbonyl (C=O) groups excluding carboxylic acids is 2. The molecule has 10 nitrogen and oxygen atoms in total. The molecule has 0 aliphatic heterocycles. The largest absolute Gasteiger partial charge is 0.425 e. The third-order valence-electron chi connectivity index (χ3n) is 6.31. The summed E-state index contributed by atoms with van der Waals surface area (Å²) in [6.07, 6.45) is 8.31. The van der Waals surface area contributed by atoms with Crippen LogP contribution in [-0.4, -0.2) is 45.0 Å². The monoisotopic (exact) mass is 544 g/mol. The van der Waals surface area contributed by atoms with Crippen LogP contribution >= 0.6 is 0 Å². The molecular formula is C30H36N6O4. The Morgan fingerprint density at radius 1 is 0.725 bits per heavy atom. The number of benzene rings is 2. The molecule has 0 fully saturated rings. The van der Waals surface area contributed by atoms with Crippen molar-refractivity contribution in [2.75, 3.05) is 23.7 Å². The predicted octanol–water partition coefficient (Wildman–Crippen LogP) is 4.86. The van der Waals surface area contributed by atoms with E-state index in [4.69, 9.17) is 9.47 Å². The van der Waals surface area contributed by atoms with Crippen molar-refractivity contribution >= 4 is 23.3 Å². The standard InChI is InChI=1S/C30H36N6O4/c1-3-21-9-5-11-23(17-21)31-15-7-13-25-19-33-29(35-25)39-27(37)28(38)40-30-34-20-26(36-30)14-8-16-32-24-12-6-10-22(4-2)18-24/h5-6,9-12,17-20,31-32H,3-4,7-8,13-16H2,1-2H3,(H,33,35)(H,34,36). The molecular weight excluding hydrogens is 508 g/mol. The first-order valence-corrected chi connectivity index (χ1v) is 13.7. The molecule has 0 spiro atoms. The fourth-order valence-corrected chi connectivity index (χ4v) is 4.11. The van der Waals surface area contributed by atoms with Crippen LogP contribution < -0.4 is 20.1 Å². The minimum atomic E-state index is -1.19. The number of carbonyl (C=O) groups is 2. The van der Waals surface area contributed by atoms with Gasteiger partial charge in [0.25, 0.3) is 0 Å². The molecule has 210 valence electrons. The Morgan fingerprint density at radius 3 is 1.60 bits per heavy atom. The maximum Gasteiger partial charge on any atom is 0.425 e. The number of ether oxygens (including phenoxy) is 2. The van der Waals surface area contributed by atoms with E-state index in [1.165, 1.54) is 11.1 Å². The molecule has 0 aliphatic rings. The quantitative estimate of drug-likeness (QED) is 0.100. The molecule has 0 saturated carbocycles. The van der Waals surface area contributed by atoms with Crippen molar-refractivity contribution in [1.82, 2.24) is 19.9 Å². The summed E-state index contributed by atoms with van der Waals surface area (Å²) in [5.74, 6) is -2.37. The minimum Gasteiger partial charge on any atom is -0.385 e. The fourth-order valence-electron chi connectivity index (χ4n) is 4.11. The van der Waals surface area contributed by atoms with Gasteiger partial charge in [0.05, 0.1) is 11.4 Å². The third kappa shape index (κ3) is 8.72. The van der Waals surface area contributed by atoms with E-state index in [1.54, 1.807) is 12.4 Å². The summed E-state index contributed by atoms with van der Waals surface area (Å²) in [5.41, 5.74) is 6.19. The van der Waals surface area contributed by atoms with Crippen molar-refractivity contribution in [1.29, 1.82) is 0 Å². The van der Waals surface area contributed by atoms with Gasteiger partial charge in [0.15, 0.2) is 0 Å². The SMILES string of the molecule is CCc1cccc(NCCCc2c[nH]c(OC(=O)C(=O)Oc3nc(CCCNc4cccc(CC)c4)c[nH]3)n2)c1. The highest BCUT2D eigenvalue weighted by atomic mass is 16.6. The molecule has 10 heteroatoms. The molecule has 0 saturated heterocycles. The number of esters is 2. The first-order valence-electron chi connectivity index (χ1n) is 13.7. The Morgan fingerprint density at radius 2 is 1.18 bits per heavy atom. The van der Waals surface area contributed by atoms with E-state index < -0.39 is 11.9 Å². The Labute approximate surface area is 233 Å². The van der Waals surface area contributed by atoms with E-state index in [2.05, 4.69) is 68.7 Å². The number of anilines is 2. The summed E-state index contributed by atoms with van der Waals surface area (Å²) in [6, 6.07) is 16.5. The van der Waals surface area contributed by atoms with Crippen LogP contribution in [0, 0.1) is 0 Å². The molecule has 40 heavy (non-hydrogen) atoms. The van der Waals surface area contributed by atoms with Gasteiger partial charge >= 0.3 is 24.0 Å². The van der Waals surface area contributed by atoms with E-state index in [-0.39, 0.29) is 12.0 Å². The van der Waals surface area contributed by atoms with Crippen LogP contribution in [0.4, 0.5) is 11.4 Å². The zero-order chi connectivity index (χ0) is 28.2. The average molecular weight is 545 g/mol. The van der Waals surface area contributed by atoms with E-state index in [1.807, 2.05) is 24.3 Å². The maximum absolute atomic E-state index is 12.2. The van der Waals surface area contributed by atoms with Crippen LogP contribution in [0.3, 0.4) is 0 Å². The Balaban J connectivity index is 1.14. The molecule has 2 aromatic carbocycles. The first-order chi connectivity index (χ1) is 19.5. The van der Waals surface area contributed by atoms with Crippen molar-refractivity contribution < 1.29 is 19.1 Å². The van der Waals surface area contributed by atoms with Crippen molar-refractivity contribution in [2.24, 2.45) is 0 Å². The molecule has 0 bridgehead atoms. The molecule has 0 unspecified atom stereocenters. The highest BCUT2D eigenvalue weighted by Gasteiger charge is 2.22. The number of nitrogens with zero attached hydrogens (tertiary/aromatic N) is 2. The third-order valence-corrected chi connectivity index (χ3v) is 6.31. The van der Waals surface area contributed by atoms with E-state index >= 15 is 0 Å². The van der Waals surface area contributed by atoms with E-state index in [0.29, 0.717) is 12.8 Å². The van der Waals surface area contributed by atoms with Gasteiger partial charge in [-0.1, -0.05) is 38.1 Å². The normalized spacial score (nSPS) is 10.8. The summed E-state index contributed by atoms with van der Waals surface area (Å²) in [4.78, 5) is 38.3. The van der Waals surface area contributed by atoms with Gasteiger partial charge in [-0.15, -0.1) is 0 Å². The summed E-state index contributed by atoms with van der Waals surface area (Å²) < 4.78 is 10.1. The molecule has 0 amide bonds. The second-order valence-electron chi connectivity index (χ2n) is 9.34. The summed E-state index contributed by atoms with van der Waals surface area (Å²) in [5, 5.41) is 6.79. The van der Waals surface area contributed by atoms with E-state index in [9.17, 15) is 9.59 Å². The Hall–Kier alpha value is -4.60. The van der Waals surface area contributed by atoms with Gasteiger partial charge in [0, 0.05) is 36.9 Å². The lowest BCUT2D eigenvalue weighted by Gasteiger charge is -2.07. The zero-order valence-electron chi connectivity index (χ0n) is 23.0. The van der Waals surface area contributed by atoms with Gasteiger partial charge in [0.2, 0.25) is 0 Å². The second kappa shape index (κ2) is 14.5. The summed E-state index contributed by atoms with van der Waals surface area (Å²) >= 11 is 0. The van der Waals surface area contributed by atoms with Gasteiger partial charge < -0.3 is 30.1 Å². The number of rotatable bonds is 14. The molecule has 4 aromatic rings. The maximum atomic E-state index is 12.2. The molecule has 0 radical (unpaired) electrons. The number of imidazole rings is 2. The molecule has 4 rings (SSSR count). The summed E-state index contributed by atoms with van der Waals surface area (Å²) in [6.45, 7) is 5.80. The highest BCUT2D eigenvalue weighted by molar-refractivity contribution is 6.30. The van der Waals surface area contributed by atoms with Crippen LogP contribution in [0.15, 0.2) is 60.9 Å². The number of aryl methyl sites for hydroxylation is 4. The van der Waals surface area contributed by atoms with Crippen molar-refractivity contribution in [3.05, 3.63) is 83.4 Å². The van der Waals surface area contributed by atoms with Crippen LogP contribution in [-0.2, 0) is 35.3 Å². The van der Waals surface area contributed by atoms with Crippen molar-refractivity contribution in [3.63, 3.8) is 0 Å². The van der Waals surface area contributed by atoms with Crippen molar-refractivity contribution in [3.8, 4) is 12.0 Å². The molecule has 4 N–H and O–H groups in total. The predicted molar refractivity (Wildman–Crippen MR) is 154 cm³/mol. The number of aromatic nitrogens is 4. The zero-order valence-corrected chi connectivity index (χ0v) is 23.0. The smallest absolute Gasteiger partial charge is 0.385 e. The Bertz CT molecular complexity index is 1290. The number of nitrogens with one attached hydrogen (secondary N) is 4.